The fourth-order valence-electron chi connectivity index (χ4n) is 2.64. The SMILES string of the molecule is Cc1cc2cc(CS(=O)(=O)c3cccc(Cl)c3C)ccc2[nH]1. The van der Waals surface area contributed by atoms with Crippen LogP contribution in [0.4, 0.5) is 0 Å². The Balaban J connectivity index is 2.00. The minimum atomic E-state index is -3.42. The van der Waals surface area contributed by atoms with Crippen molar-refractivity contribution >= 4 is 32.3 Å². The molecule has 0 saturated heterocycles. The summed E-state index contributed by atoms with van der Waals surface area (Å²) in [4.78, 5) is 3.53. The first kappa shape index (κ1) is 15.1. The van der Waals surface area contributed by atoms with E-state index in [4.69, 9.17) is 11.6 Å². The molecule has 0 aliphatic rings. The average molecular weight is 334 g/mol. The van der Waals surface area contributed by atoms with Gasteiger partial charge in [-0.2, -0.15) is 0 Å². The van der Waals surface area contributed by atoms with Gasteiger partial charge in [0, 0.05) is 16.2 Å². The summed E-state index contributed by atoms with van der Waals surface area (Å²) in [5.41, 5.74) is 3.44. The predicted octanol–water partition coefficient (Wildman–Crippen LogP) is 4.41. The lowest BCUT2D eigenvalue weighted by Crippen LogP contribution is -2.07. The van der Waals surface area contributed by atoms with Crippen molar-refractivity contribution in [3.05, 3.63) is 64.3 Å². The summed E-state index contributed by atoms with van der Waals surface area (Å²) in [5, 5.41) is 1.49. The van der Waals surface area contributed by atoms with Gasteiger partial charge in [0.05, 0.1) is 10.6 Å². The van der Waals surface area contributed by atoms with E-state index in [0.29, 0.717) is 15.5 Å². The first-order valence-corrected chi connectivity index (χ1v) is 8.96. The number of halogens is 1. The van der Waals surface area contributed by atoms with Crippen LogP contribution in [-0.2, 0) is 15.6 Å². The Kier molecular flexibility index (Phi) is 3.75. The van der Waals surface area contributed by atoms with Crippen LogP contribution in [0.5, 0.6) is 0 Å². The van der Waals surface area contributed by atoms with Gasteiger partial charge in [-0.25, -0.2) is 8.42 Å². The maximum Gasteiger partial charge on any atom is 0.182 e. The van der Waals surface area contributed by atoms with Crippen molar-refractivity contribution in [2.75, 3.05) is 0 Å². The molecule has 5 heteroatoms. The summed E-state index contributed by atoms with van der Waals surface area (Å²) < 4.78 is 25.3. The molecule has 0 atom stereocenters. The molecule has 0 bridgehead atoms. The lowest BCUT2D eigenvalue weighted by atomic mass is 10.2. The predicted molar refractivity (Wildman–Crippen MR) is 90.1 cm³/mol. The monoisotopic (exact) mass is 333 g/mol. The lowest BCUT2D eigenvalue weighted by molar-refractivity contribution is 0.594. The topological polar surface area (TPSA) is 49.9 Å². The number of aromatic amines is 1. The van der Waals surface area contributed by atoms with Crippen LogP contribution in [0, 0.1) is 13.8 Å². The zero-order valence-corrected chi connectivity index (χ0v) is 13.9. The quantitative estimate of drug-likeness (QED) is 0.771. The van der Waals surface area contributed by atoms with Crippen LogP contribution in [0.2, 0.25) is 5.02 Å². The van der Waals surface area contributed by atoms with Gasteiger partial charge in [0.15, 0.2) is 9.84 Å². The molecule has 0 saturated carbocycles. The van der Waals surface area contributed by atoms with Gasteiger partial charge >= 0.3 is 0 Å². The summed E-state index contributed by atoms with van der Waals surface area (Å²) in [7, 11) is -3.42. The molecule has 1 N–H and O–H groups in total. The highest BCUT2D eigenvalue weighted by atomic mass is 35.5. The maximum atomic E-state index is 12.6. The van der Waals surface area contributed by atoms with E-state index in [1.54, 1.807) is 25.1 Å². The second-order valence-corrected chi connectivity index (χ2v) is 7.86. The number of sulfone groups is 1. The molecule has 0 aliphatic carbocycles. The normalized spacial score (nSPS) is 12.0. The summed E-state index contributed by atoms with van der Waals surface area (Å²) in [6, 6.07) is 12.7. The molecule has 0 radical (unpaired) electrons. The molecule has 1 aromatic heterocycles. The third-order valence-corrected chi connectivity index (χ3v) is 5.96. The second-order valence-electron chi connectivity index (χ2n) is 5.50. The zero-order chi connectivity index (χ0) is 15.9. The van der Waals surface area contributed by atoms with Gasteiger partial charge in [0.2, 0.25) is 0 Å². The van der Waals surface area contributed by atoms with E-state index in [2.05, 4.69) is 4.98 Å². The molecule has 22 heavy (non-hydrogen) atoms. The molecule has 0 unspecified atom stereocenters. The average Bonchev–Trinajstić information content (AvgIpc) is 2.80. The number of aryl methyl sites for hydroxylation is 1. The highest BCUT2D eigenvalue weighted by molar-refractivity contribution is 7.90. The minimum Gasteiger partial charge on any atom is -0.359 e. The molecule has 0 aliphatic heterocycles. The van der Waals surface area contributed by atoms with Crippen molar-refractivity contribution in [3.8, 4) is 0 Å². The van der Waals surface area contributed by atoms with Crippen molar-refractivity contribution in [3.63, 3.8) is 0 Å². The van der Waals surface area contributed by atoms with Gasteiger partial charge in [-0.15, -0.1) is 0 Å². The molecule has 0 amide bonds. The molecular weight excluding hydrogens is 318 g/mol. The van der Waals surface area contributed by atoms with Crippen LogP contribution in [0.25, 0.3) is 10.9 Å². The van der Waals surface area contributed by atoms with Crippen LogP contribution in [0.3, 0.4) is 0 Å². The number of rotatable bonds is 3. The highest BCUT2D eigenvalue weighted by Crippen LogP contribution is 2.26. The van der Waals surface area contributed by atoms with Crippen molar-refractivity contribution in [1.29, 1.82) is 0 Å². The van der Waals surface area contributed by atoms with Gasteiger partial charge in [-0.1, -0.05) is 23.7 Å². The first-order chi connectivity index (χ1) is 10.4. The summed E-state index contributed by atoms with van der Waals surface area (Å²) in [6.07, 6.45) is 0. The van der Waals surface area contributed by atoms with E-state index in [1.165, 1.54) is 0 Å². The smallest absolute Gasteiger partial charge is 0.182 e. The Bertz CT molecular complexity index is 958. The Hall–Kier alpha value is -1.78. The molecular formula is C17H16ClNO2S. The number of H-pyrrole nitrogens is 1. The van der Waals surface area contributed by atoms with Crippen LogP contribution in [-0.4, -0.2) is 13.4 Å². The molecule has 1 heterocycles. The van der Waals surface area contributed by atoms with E-state index < -0.39 is 9.84 Å². The molecule has 3 rings (SSSR count). The molecule has 0 spiro atoms. The van der Waals surface area contributed by atoms with Gasteiger partial charge in [0.25, 0.3) is 0 Å². The van der Waals surface area contributed by atoms with E-state index in [0.717, 1.165) is 22.2 Å². The number of hydrogen-bond donors (Lipinski definition) is 1. The number of hydrogen-bond acceptors (Lipinski definition) is 2. The zero-order valence-electron chi connectivity index (χ0n) is 12.4. The van der Waals surface area contributed by atoms with Crippen molar-refractivity contribution in [2.24, 2.45) is 0 Å². The molecule has 114 valence electrons. The largest absolute Gasteiger partial charge is 0.359 e. The first-order valence-electron chi connectivity index (χ1n) is 6.93. The van der Waals surface area contributed by atoms with Crippen molar-refractivity contribution in [1.82, 2.24) is 4.98 Å². The van der Waals surface area contributed by atoms with Gasteiger partial charge in [-0.3, -0.25) is 0 Å². The van der Waals surface area contributed by atoms with Gasteiger partial charge < -0.3 is 4.98 Å². The Morgan fingerprint density at radius 3 is 2.64 bits per heavy atom. The lowest BCUT2D eigenvalue weighted by Gasteiger charge is -2.09. The van der Waals surface area contributed by atoms with E-state index >= 15 is 0 Å². The van der Waals surface area contributed by atoms with Gasteiger partial charge in [0.1, 0.15) is 0 Å². The Morgan fingerprint density at radius 1 is 1.09 bits per heavy atom. The number of fused-ring (bicyclic) bond motifs is 1. The molecule has 3 nitrogen and oxygen atoms in total. The summed E-state index contributed by atoms with van der Waals surface area (Å²) >= 11 is 6.04. The van der Waals surface area contributed by atoms with Crippen LogP contribution in [0.15, 0.2) is 47.4 Å². The summed E-state index contributed by atoms with van der Waals surface area (Å²) in [6.45, 7) is 3.71. The Morgan fingerprint density at radius 2 is 1.86 bits per heavy atom. The van der Waals surface area contributed by atoms with Crippen LogP contribution in [0.1, 0.15) is 16.8 Å². The summed E-state index contributed by atoms with van der Waals surface area (Å²) in [5.74, 6) is -0.0334. The van der Waals surface area contributed by atoms with Crippen molar-refractivity contribution < 1.29 is 8.42 Å². The number of benzene rings is 2. The van der Waals surface area contributed by atoms with Crippen LogP contribution >= 0.6 is 11.6 Å². The fourth-order valence-corrected chi connectivity index (χ4v) is 4.51. The minimum absolute atomic E-state index is 0.0334. The van der Waals surface area contributed by atoms with E-state index in [1.807, 2.05) is 31.2 Å². The maximum absolute atomic E-state index is 12.6. The van der Waals surface area contributed by atoms with E-state index in [9.17, 15) is 8.42 Å². The molecule has 0 fully saturated rings. The standard InChI is InChI=1S/C17H16ClNO2S/c1-11-8-14-9-13(6-7-16(14)19-11)10-22(20,21)17-5-3-4-15(18)12(17)2/h3-9,19H,10H2,1-2H3. The van der Waals surface area contributed by atoms with Crippen molar-refractivity contribution in [2.45, 2.75) is 24.5 Å². The second kappa shape index (κ2) is 5.45. The molecule has 3 aromatic rings. The molecule has 2 aromatic carbocycles. The number of nitrogens with one attached hydrogen (secondary N) is 1. The third-order valence-electron chi connectivity index (χ3n) is 3.73. The highest BCUT2D eigenvalue weighted by Gasteiger charge is 2.19. The van der Waals surface area contributed by atoms with E-state index in [-0.39, 0.29) is 5.75 Å². The third kappa shape index (κ3) is 2.76. The number of aromatic nitrogens is 1. The Labute approximate surface area is 134 Å². The van der Waals surface area contributed by atoms with Crippen LogP contribution < -0.4 is 0 Å². The fraction of sp³-hybridized carbons (Fsp3) is 0.176. The van der Waals surface area contributed by atoms with Gasteiger partial charge in [-0.05, 0) is 60.7 Å².